The lowest BCUT2D eigenvalue weighted by atomic mass is 9.79. The highest BCUT2D eigenvalue weighted by Crippen LogP contribution is 2.33. The summed E-state index contributed by atoms with van der Waals surface area (Å²) in [6.45, 7) is 0. The number of hydrogen-bond acceptors (Lipinski definition) is 2. The van der Waals surface area contributed by atoms with Gasteiger partial charge in [0, 0.05) is 22.0 Å². The molecule has 0 bridgehead atoms. The minimum Gasteiger partial charge on any atom is -0.390 e. The third-order valence-corrected chi connectivity index (χ3v) is 4.34. The zero-order valence-electron chi connectivity index (χ0n) is 9.63. The number of aliphatic hydroxyl groups is 1. The highest BCUT2D eigenvalue weighted by atomic mass is 79.9. The van der Waals surface area contributed by atoms with Crippen LogP contribution in [0.3, 0.4) is 0 Å². The summed E-state index contributed by atoms with van der Waals surface area (Å²) in [5.41, 5.74) is 6.23. The Hall–Kier alpha value is -0.0900. The van der Waals surface area contributed by atoms with Crippen molar-refractivity contribution in [1.82, 2.24) is 0 Å². The van der Waals surface area contributed by atoms with Gasteiger partial charge in [-0.3, -0.25) is 0 Å². The van der Waals surface area contributed by atoms with E-state index in [-0.39, 0.29) is 6.04 Å². The lowest BCUT2D eigenvalue weighted by Crippen LogP contribution is -2.40. The van der Waals surface area contributed by atoms with Gasteiger partial charge >= 0.3 is 0 Å². The summed E-state index contributed by atoms with van der Waals surface area (Å²) in [5.74, 6) is 0. The Kier molecular flexibility index (Phi) is 4.14. The van der Waals surface area contributed by atoms with Gasteiger partial charge in [0.2, 0.25) is 0 Å². The summed E-state index contributed by atoms with van der Waals surface area (Å²) in [6, 6.07) is 6.04. The van der Waals surface area contributed by atoms with Gasteiger partial charge in [0.1, 0.15) is 0 Å². The zero-order valence-corrected chi connectivity index (χ0v) is 12.0. The molecule has 0 aromatic heterocycles. The molecule has 1 aliphatic rings. The molecule has 0 spiro atoms. The molecule has 1 aromatic rings. The average molecular weight is 319 g/mol. The van der Waals surface area contributed by atoms with Gasteiger partial charge in [0.25, 0.3) is 0 Å². The smallest absolute Gasteiger partial charge is 0.0689 e. The summed E-state index contributed by atoms with van der Waals surface area (Å²) in [4.78, 5) is 0. The molecule has 4 heteroatoms. The molecule has 1 aromatic carbocycles. The van der Waals surface area contributed by atoms with Crippen LogP contribution in [0, 0.1) is 0 Å². The van der Waals surface area contributed by atoms with Gasteiger partial charge in [-0.1, -0.05) is 33.6 Å². The maximum Gasteiger partial charge on any atom is 0.0689 e. The molecule has 2 rings (SSSR count). The number of hydrogen-bond donors (Lipinski definition) is 2. The first-order valence-electron chi connectivity index (χ1n) is 5.90. The lowest BCUT2D eigenvalue weighted by Gasteiger charge is -2.35. The van der Waals surface area contributed by atoms with Crippen molar-refractivity contribution in [2.24, 2.45) is 5.73 Å². The first-order chi connectivity index (χ1) is 7.98. The summed E-state index contributed by atoms with van der Waals surface area (Å²) < 4.78 is 0.962. The van der Waals surface area contributed by atoms with E-state index >= 15 is 0 Å². The molecular weight excluding hydrogens is 302 g/mol. The van der Waals surface area contributed by atoms with E-state index in [1.807, 2.05) is 18.2 Å². The van der Waals surface area contributed by atoms with Gasteiger partial charge in [0.15, 0.2) is 0 Å². The van der Waals surface area contributed by atoms with Crippen LogP contribution in [0.25, 0.3) is 0 Å². The van der Waals surface area contributed by atoms with Crippen LogP contribution in [0.15, 0.2) is 22.7 Å². The van der Waals surface area contributed by atoms with Crippen LogP contribution in [0.5, 0.6) is 0 Å². The fraction of sp³-hybridized carbons (Fsp3) is 0.538. The second-order valence-electron chi connectivity index (χ2n) is 4.97. The Morgan fingerprint density at radius 1 is 1.41 bits per heavy atom. The molecular formula is C13H17BrClNO. The highest BCUT2D eigenvalue weighted by molar-refractivity contribution is 9.10. The van der Waals surface area contributed by atoms with Crippen molar-refractivity contribution in [1.29, 1.82) is 0 Å². The molecule has 0 atom stereocenters. The minimum absolute atomic E-state index is 0.246. The van der Waals surface area contributed by atoms with Crippen LogP contribution < -0.4 is 5.73 Å². The molecule has 0 radical (unpaired) electrons. The van der Waals surface area contributed by atoms with Gasteiger partial charge in [-0.2, -0.15) is 0 Å². The Morgan fingerprint density at radius 3 is 2.65 bits per heavy atom. The van der Waals surface area contributed by atoms with Gasteiger partial charge in [-0.25, -0.2) is 0 Å². The molecule has 2 nitrogen and oxygen atoms in total. The number of nitrogens with two attached hydrogens (primary N) is 1. The maximum atomic E-state index is 10.5. The standard InChI is InChI=1S/C13H17BrClNO/c14-10-2-1-9(12(15)7-10)8-13(17)5-3-11(16)4-6-13/h1-2,7,11,17H,3-6,8,16H2. The largest absolute Gasteiger partial charge is 0.390 e. The fourth-order valence-corrected chi connectivity index (χ4v) is 3.11. The monoisotopic (exact) mass is 317 g/mol. The molecule has 1 saturated carbocycles. The summed E-state index contributed by atoms with van der Waals surface area (Å²) in [7, 11) is 0. The molecule has 0 unspecified atom stereocenters. The van der Waals surface area contributed by atoms with E-state index in [1.165, 1.54) is 0 Å². The van der Waals surface area contributed by atoms with Crippen molar-refractivity contribution in [3.8, 4) is 0 Å². The van der Waals surface area contributed by atoms with Gasteiger partial charge in [0.05, 0.1) is 5.60 Å². The predicted molar refractivity (Wildman–Crippen MR) is 74.2 cm³/mol. The molecule has 3 N–H and O–H groups in total. The van der Waals surface area contributed by atoms with E-state index < -0.39 is 5.60 Å². The van der Waals surface area contributed by atoms with Gasteiger partial charge < -0.3 is 10.8 Å². The van der Waals surface area contributed by atoms with Gasteiger partial charge in [-0.05, 0) is 43.4 Å². The van der Waals surface area contributed by atoms with Crippen molar-refractivity contribution in [2.75, 3.05) is 0 Å². The van der Waals surface area contributed by atoms with E-state index in [1.54, 1.807) is 0 Å². The first kappa shape index (κ1) is 13.3. The predicted octanol–water partition coefficient (Wildman–Crippen LogP) is 3.28. The average Bonchev–Trinajstić information content (AvgIpc) is 2.27. The maximum absolute atomic E-state index is 10.5. The highest BCUT2D eigenvalue weighted by Gasteiger charge is 2.32. The summed E-state index contributed by atoms with van der Waals surface area (Å²) in [6.07, 6.45) is 3.93. The second-order valence-corrected chi connectivity index (χ2v) is 6.30. The number of halogens is 2. The topological polar surface area (TPSA) is 46.2 Å². The Balaban J connectivity index is 2.09. The van der Waals surface area contributed by atoms with Crippen molar-refractivity contribution in [2.45, 2.75) is 43.7 Å². The second kappa shape index (κ2) is 5.27. The lowest BCUT2D eigenvalue weighted by molar-refractivity contribution is 0.000228. The quantitative estimate of drug-likeness (QED) is 0.879. The zero-order chi connectivity index (χ0) is 12.5. The van der Waals surface area contributed by atoms with Crippen LogP contribution >= 0.6 is 27.5 Å². The van der Waals surface area contributed by atoms with Crippen LogP contribution in [-0.2, 0) is 6.42 Å². The molecule has 0 saturated heterocycles. The SMILES string of the molecule is NC1CCC(O)(Cc2ccc(Br)cc2Cl)CC1. The molecule has 0 aliphatic heterocycles. The van der Waals surface area contributed by atoms with Crippen LogP contribution in [0.1, 0.15) is 31.2 Å². The van der Waals surface area contributed by atoms with E-state index in [2.05, 4.69) is 15.9 Å². The van der Waals surface area contributed by atoms with Crippen LogP contribution in [-0.4, -0.2) is 16.7 Å². The minimum atomic E-state index is -0.632. The van der Waals surface area contributed by atoms with E-state index in [9.17, 15) is 5.11 Å². The van der Waals surface area contributed by atoms with E-state index in [0.29, 0.717) is 11.4 Å². The van der Waals surface area contributed by atoms with E-state index in [0.717, 1.165) is 35.7 Å². The van der Waals surface area contributed by atoms with Crippen LogP contribution in [0.2, 0.25) is 5.02 Å². The Labute approximate surface area is 115 Å². The van der Waals surface area contributed by atoms with E-state index in [4.69, 9.17) is 17.3 Å². The Morgan fingerprint density at radius 2 is 2.06 bits per heavy atom. The normalized spacial score (nSPS) is 29.3. The Bertz CT molecular complexity index is 402. The molecule has 1 aliphatic carbocycles. The molecule has 0 heterocycles. The molecule has 94 valence electrons. The van der Waals surface area contributed by atoms with Crippen molar-refractivity contribution >= 4 is 27.5 Å². The number of rotatable bonds is 2. The molecule has 1 fully saturated rings. The van der Waals surface area contributed by atoms with Crippen molar-refractivity contribution in [3.63, 3.8) is 0 Å². The third-order valence-electron chi connectivity index (χ3n) is 3.50. The third kappa shape index (κ3) is 3.44. The van der Waals surface area contributed by atoms with Crippen molar-refractivity contribution in [3.05, 3.63) is 33.3 Å². The first-order valence-corrected chi connectivity index (χ1v) is 7.07. The summed E-state index contributed by atoms with van der Waals surface area (Å²) in [5, 5.41) is 11.2. The fourth-order valence-electron chi connectivity index (χ4n) is 2.37. The molecule has 0 amide bonds. The summed E-state index contributed by atoms with van der Waals surface area (Å²) >= 11 is 9.55. The van der Waals surface area contributed by atoms with Gasteiger partial charge in [-0.15, -0.1) is 0 Å². The molecule has 17 heavy (non-hydrogen) atoms. The van der Waals surface area contributed by atoms with Crippen molar-refractivity contribution < 1.29 is 5.11 Å². The number of benzene rings is 1. The van der Waals surface area contributed by atoms with Crippen LogP contribution in [0.4, 0.5) is 0 Å².